The molecule has 3 fully saturated rings. The molecule has 0 amide bonds. The monoisotopic (exact) mass is 358 g/mol. The molecule has 0 aliphatic heterocycles. The molecule has 0 heterocycles. The van der Waals surface area contributed by atoms with Crippen LogP contribution < -0.4 is 0 Å². The molecule has 0 atom stereocenters. The maximum Gasteiger partial charge on any atom is 0.0575 e. The first-order chi connectivity index (χ1) is 12.8. The molecule has 26 heavy (non-hydrogen) atoms. The molecule has 3 aliphatic rings. The molecule has 0 aromatic carbocycles. The normalized spacial score (nSPS) is 38.6. The first-order valence-electron chi connectivity index (χ1n) is 11.6. The molecule has 0 aromatic heterocycles. The fraction of sp³-hybridized carbons (Fsp3) is 0.840. The van der Waals surface area contributed by atoms with Gasteiger partial charge in [-0.15, -0.1) is 13.2 Å². The molecule has 3 saturated carbocycles. The van der Waals surface area contributed by atoms with Gasteiger partial charge in [0, 0.05) is 6.61 Å². The fourth-order valence-electron chi connectivity index (χ4n) is 6.14. The van der Waals surface area contributed by atoms with Gasteiger partial charge in [0.2, 0.25) is 0 Å². The first kappa shape index (κ1) is 20.2. The summed E-state index contributed by atoms with van der Waals surface area (Å²) in [5.74, 6) is 4.92. The van der Waals surface area contributed by atoms with E-state index in [-0.39, 0.29) is 0 Å². The number of ether oxygens (including phenoxy) is 1. The standard InChI is InChI=1S/C25H42O/c1-3-5-6-19-26-25-17-15-24(16-18-25)23-13-11-22(12-14-23)21-9-7-20(4-2)8-10-21/h3-4,20-25H,1-2,5-19H2. The van der Waals surface area contributed by atoms with Crippen molar-refractivity contribution in [3.05, 3.63) is 25.3 Å². The van der Waals surface area contributed by atoms with Crippen LogP contribution in [0.4, 0.5) is 0 Å². The van der Waals surface area contributed by atoms with E-state index in [0.29, 0.717) is 6.10 Å². The highest BCUT2D eigenvalue weighted by Gasteiger charge is 2.34. The van der Waals surface area contributed by atoms with E-state index in [1.807, 2.05) is 6.08 Å². The van der Waals surface area contributed by atoms with E-state index < -0.39 is 0 Å². The third-order valence-corrected chi connectivity index (χ3v) is 7.92. The van der Waals surface area contributed by atoms with Crippen LogP contribution in [0.2, 0.25) is 0 Å². The summed E-state index contributed by atoms with van der Waals surface area (Å²) in [5.41, 5.74) is 0. The smallest absolute Gasteiger partial charge is 0.0575 e. The summed E-state index contributed by atoms with van der Waals surface area (Å²) in [6.45, 7) is 8.72. The van der Waals surface area contributed by atoms with Crippen molar-refractivity contribution in [2.24, 2.45) is 29.6 Å². The van der Waals surface area contributed by atoms with Gasteiger partial charge in [-0.2, -0.15) is 0 Å². The van der Waals surface area contributed by atoms with Crippen LogP contribution in [0.15, 0.2) is 25.3 Å². The lowest BCUT2D eigenvalue weighted by Crippen LogP contribution is -2.31. The number of hydrogen-bond acceptors (Lipinski definition) is 1. The summed E-state index contributed by atoms with van der Waals surface area (Å²) >= 11 is 0. The molecule has 0 spiro atoms. The summed E-state index contributed by atoms with van der Waals surface area (Å²) in [6.07, 6.45) is 24.3. The Bertz CT molecular complexity index is 404. The van der Waals surface area contributed by atoms with Crippen LogP contribution in [0.25, 0.3) is 0 Å². The van der Waals surface area contributed by atoms with Gasteiger partial charge in [0.1, 0.15) is 0 Å². The Labute approximate surface area is 162 Å². The molecule has 3 aliphatic carbocycles. The minimum atomic E-state index is 0.549. The maximum atomic E-state index is 6.08. The van der Waals surface area contributed by atoms with Crippen LogP contribution in [0, 0.1) is 29.6 Å². The molecular formula is C25H42O. The number of hydrogen-bond donors (Lipinski definition) is 0. The topological polar surface area (TPSA) is 9.23 Å². The van der Waals surface area contributed by atoms with Crippen LogP contribution in [0.1, 0.15) is 89.9 Å². The second-order valence-corrected chi connectivity index (χ2v) is 9.42. The number of rotatable bonds is 8. The van der Waals surface area contributed by atoms with Gasteiger partial charge in [-0.1, -0.05) is 12.2 Å². The average Bonchev–Trinajstić information content (AvgIpc) is 2.72. The van der Waals surface area contributed by atoms with Crippen LogP contribution in [-0.4, -0.2) is 12.7 Å². The van der Waals surface area contributed by atoms with Crippen LogP contribution in [-0.2, 0) is 4.74 Å². The maximum absolute atomic E-state index is 6.08. The average molecular weight is 359 g/mol. The summed E-state index contributed by atoms with van der Waals surface area (Å²) in [4.78, 5) is 0. The molecule has 1 heteroatoms. The Morgan fingerprint density at radius 1 is 0.654 bits per heavy atom. The Hall–Kier alpha value is -0.560. The SMILES string of the molecule is C=CCCCOC1CCC(C2CCC(C3CCC(C=C)CC3)CC2)CC1. The first-order valence-corrected chi connectivity index (χ1v) is 11.6. The van der Waals surface area contributed by atoms with Gasteiger partial charge in [0.15, 0.2) is 0 Å². The van der Waals surface area contributed by atoms with Crippen molar-refractivity contribution in [1.82, 2.24) is 0 Å². The molecule has 148 valence electrons. The predicted molar refractivity (Wildman–Crippen MR) is 112 cm³/mol. The zero-order chi connectivity index (χ0) is 18.2. The molecular weight excluding hydrogens is 316 g/mol. The van der Waals surface area contributed by atoms with Gasteiger partial charge in [0.25, 0.3) is 0 Å². The van der Waals surface area contributed by atoms with Crippen LogP contribution >= 0.6 is 0 Å². The van der Waals surface area contributed by atoms with Gasteiger partial charge < -0.3 is 4.74 Å². The molecule has 0 saturated heterocycles. The quantitative estimate of drug-likeness (QED) is 0.326. The van der Waals surface area contributed by atoms with Gasteiger partial charge in [0.05, 0.1) is 6.10 Å². The van der Waals surface area contributed by atoms with Crippen molar-refractivity contribution in [3.63, 3.8) is 0 Å². The van der Waals surface area contributed by atoms with Crippen molar-refractivity contribution >= 4 is 0 Å². The highest BCUT2D eigenvalue weighted by molar-refractivity contribution is 4.89. The van der Waals surface area contributed by atoms with Crippen molar-refractivity contribution in [1.29, 1.82) is 0 Å². The minimum absolute atomic E-state index is 0.549. The summed E-state index contributed by atoms with van der Waals surface area (Å²) in [5, 5.41) is 0. The molecule has 0 unspecified atom stereocenters. The summed E-state index contributed by atoms with van der Waals surface area (Å²) in [7, 11) is 0. The molecule has 1 nitrogen and oxygen atoms in total. The Balaban J connectivity index is 1.32. The van der Waals surface area contributed by atoms with E-state index in [1.165, 1.54) is 77.0 Å². The number of unbranched alkanes of at least 4 members (excludes halogenated alkanes) is 1. The zero-order valence-electron chi connectivity index (χ0n) is 17.0. The Morgan fingerprint density at radius 2 is 1.12 bits per heavy atom. The predicted octanol–water partition coefficient (Wildman–Crippen LogP) is 7.33. The van der Waals surface area contributed by atoms with Crippen molar-refractivity contribution in [3.8, 4) is 0 Å². The van der Waals surface area contributed by atoms with Gasteiger partial charge in [-0.05, 0) is 119 Å². The highest BCUT2D eigenvalue weighted by atomic mass is 16.5. The highest BCUT2D eigenvalue weighted by Crippen LogP contribution is 2.45. The van der Waals surface area contributed by atoms with Gasteiger partial charge in [-0.3, -0.25) is 0 Å². The third-order valence-electron chi connectivity index (χ3n) is 7.92. The third kappa shape index (κ3) is 5.72. The second-order valence-electron chi connectivity index (χ2n) is 9.42. The summed E-state index contributed by atoms with van der Waals surface area (Å²) < 4.78 is 6.08. The lowest BCUT2D eigenvalue weighted by Gasteiger charge is -2.41. The second kappa shape index (κ2) is 10.7. The molecule has 3 rings (SSSR count). The largest absolute Gasteiger partial charge is 0.378 e. The van der Waals surface area contributed by atoms with E-state index in [0.717, 1.165) is 49.0 Å². The lowest BCUT2D eigenvalue weighted by atomic mass is 9.65. The van der Waals surface area contributed by atoms with Gasteiger partial charge in [-0.25, -0.2) is 0 Å². The molecule has 0 N–H and O–H groups in total. The van der Waals surface area contributed by atoms with Crippen molar-refractivity contribution < 1.29 is 4.74 Å². The van der Waals surface area contributed by atoms with E-state index in [4.69, 9.17) is 4.74 Å². The van der Waals surface area contributed by atoms with E-state index in [2.05, 4.69) is 19.2 Å². The summed E-state index contributed by atoms with van der Waals surface area (Å²) in [6, 6.07) is 0. The van der Waals surface area contributed by atoms with E-state index in [1.54, 1.807) is 0 Å². The fourth-order valence-corrected chi connectivity index (χ4v) is 6.14. The number of allylic oxidation sites excluding steroid dienone is 2. The van der Waals surface area contributed by atoms with Crippen molar-refractivity contribution in [2.45, 2.75) is 96.0 Å². The van der Waals surface area contributed by atoms with E-state index in [9.17, 15) is 0 Å². The lowest BCUT2D eigenvalue weighted by molar-refractivity contribution is 0.00480. The zero-order valence-corrected chi connectivity index (χ0v) is 17.0. The van der Waals surface area contributed by atoms with E-state index >= 15 is 0 Å². The molecule has 0 aromatic rings. The molecule has 0 bridgehead atoms. The Kier molecular flexibility index (Phi) is 8.30. The molecule has 0 radical (unpaired) electrons. The van der Waals surface area contributed by atoms with Crippen LogP contribution in [0.5, 0.6) is 0 Å². The van der Waals surface area contributed by atoms with Gasteiger partial charge >= 0.3 is 0 Å². The minimum Gasteiger partial charge on any atom is -0.378 e. The van der Waals surface area contributed by atoms with Crippen LogP contribution in [0.3, 0.4) is 0 Å². The Morgan fingerprint density at radius 3 is 1.58 bits per heavy atom. The van der Waals surface area contributed by atoms with Crippen molar-refractivity contribution in [2.75, 3.05) is 6.61 Å².